The Balaban J connectivity index is 1.85. The summed E-state index contributed by atoms with van der Waals surface area (Å²) >= 11 is 0. The number of rotatable bonds is 6. The van der Waals surface area contributed by atoms with Crippen molar-refractivity contribution in [2.24, 2.45) is 5.92 Å². The van der Waals surface area contributed by atoms with E-state index in [1.807, 2.05) is 0 Å². The summed E-state index contributed by atoms with van der Waals surface area (Å²) in [4.78, 5) is 0. The molecular weight excluding hydrogens is 269 g/mol. The lowest BCUT2D eigenvalue weighted by molar-refractivity contribution is 0.181. The van der Waals surface area contributed by atoms with E-state index in [1.165, 1.54) is 24.3 Å². The molecule has 0 amide bonds. The molecule has 2 N–H and O–H groups in total. The average molecular weight is 287 g/mol. The third-order valence-electron chi connectivity index (χ3n) is 3.43. The van der Waals surface area contributed by atoms with Gasteiger partial charge in [0.1, 0.15) is 5.82 Å². The fraction of sp³-hybridized carbons (Fsp3) is 0.538. The summed E-state index contributed by atoms with van der Waals surface area (Å²) < 4.78 is 38.6. The molecule has 0 saturated heterocycles. The quantitative estimate of drug-likeness (QED) is 0.835. The molecule has 1 aromatic rings. The Hall–Kier alpha value is -0.980. The summed E-state index contributed by atoms with van der Waals surface area (Å²) in [7, 11) is -3.34. The van der Waals surface area contributed by atoms with E-state index in [1.54, 1.807) is 0 Å². The molecule has 0 bridgehead atoms. The zero-order chi connectivity index (χ0) is 13.9. The Morgan fingerprint density at radius 2 is 1.95 bits per heavy atom. The van der Waals surface area contributed by atoms with Crippen LogP contribution in [0.3, 0.4) is 0 Å². The van der Waals surface area contributed by atoms with Crippen molar-refractivity contribution in [3.63, 3.8) is 0 Å². The first-order valence-electron chi connectivity index (χ1n) is 6.37. The topological polar surface area (TPSA) is 66.4 Å². The SMILES string of the molecule is O=S(=O)(CC1CCC1)NCC(O)c1ccc(F)cc1. The second-order valence-electron chi connectivity index (χ2n) is 4.99. The molecule has 0 heterocycles. The van der Waals surface area contributed by atoms with E-state index < -0.39 is 16.1 Å². The Morgan fingerprint density at radius 3 is 2.47 bits per heavy atom. The van der Waals surface area contributed by atoms with E-state index >= 15 is 0 Å². The first-order valence-corrected chi connectivity index (χ1v) is 8.02. The van der Waals surface area contributed by atoms with Crippen molar-refractivity contribution in [1.29, 1.82) is 0 Å². The molecule has 1 aliphatic carbocycles. The van der Waals surface area contributed by atoms with Crippen molar-refractivity contribution < 1.29 is 17.9 Å². The van der Waals surface area contributed by atoms with Gasteiger partial charge in [0.2, 0.25) is 10.0 Å². The minimum atomic E-state index is -3.34. The van der Waals surface area contributed by atoms with Gasteiger partial charge in [-0.05, 0) is 36.5 Å². The number of sulfonamides is 1. The van der Waals surface area contributed by atoms with Gasteiger partial charge < -0.3 is 5.11 Å². The maximum absolute atomic E-state index is 12.7. The van der Waals surface area contributed by atoms with Crippen LogP contribution in [-0.2, 0) is 10.0 Å². The van der Waals surface area contributed by atoms with Crippen LogP contribution in [0.25, 0.3) is 0 Å². The summed E-state index contributed by atoms with van der Waals surface area (Å²) in [5.74, 6) is -0.00894. The molecule has 2 rings (SSSR count). The maximum Gasteiger partial charge on any atom is 0.211 e. The predicted molar refractivity (Wildman–Crippen MR) is 70.5 cm³/mol. The van der Waals surface area contributed by atoms with Crippen LogP contribution in [0.5, 0.6) is 0 Å². The largest absolute Gasteiger partial charge is 0.387 e. The minimum absolute atomic E-state index is 0.0827. The number of nitrogens with one attached hydrogen (secondary N) is 1. The molecule has 1 unspecified atom stereocenters. The number of hydrogen-bond donors (Lipinski definition) is 2. The van der Waals surface area contributed by atoms with Crippen molar-refractivity contribution in [3.05, 3.63) is 35.6 Å². The molecule has 0 spiro atoms. The summed E-state index contributed by atoms with van der Waals surface area (Å²) in [6.07, 6.45) is 2.05. The zero-order valence-electron chi connectivity index (χ0n) is 10.5. The standard InChI is InChI=1S/C13H18FNO3S/c14-12-6-4-11(5-7-12)13(16)8-15-19(17,18)9-10-2-1-3-10/h4-7,10,13,15-16H,1-3,8-9H2. The molecule has 0 aliphatic heterocycles. The van der Waals surface area contributed by atoms with Crippen LogP contribution in [0, 0.1) is 11.7 Å². The first-order chi connectivity index (χ1) is 8.96. The molecule has 106 valence electrons. The third kappa shape index (κ3) is 4.26. The molecule has 0 aromatic heterocycles. The molecule has 1 saturated carbocycles. The van der Waals surface area contributed by atoms with Crippen LogP contribution in [-0.4, -0.2) is 25.8 Å². The van der Waals surface area contributed by atoms with Gasteiger partial charge in [-0.1, -0.05) is 18.6 Å². The van der Waals surface area contributed by atoms with Crippen LogP contribution in [0.15, 0.2) is 24.3 Å². The van der Waals surface area contributed by atoms with Crippen molar-refractivity contribution in [3.8, 4) is 0 Å². The highest BCUT2D eigenvalue weighted by atomic mass is 32.2. The molecule has 1 aromatic carbocycles. The van der Waals surface area contributed by atoms with Gasteiger partial charge >= 0.3 is 0 Å². The minimum Gasteiger partial charge on any atom is -0.387 e. The molecule has 6 heteroatoms. The Labute approximate surface area is 112 Å². The number of aliphatic hydroxyl groups excluding tert-OH is 1. The van der Waals surface area contributed by atoms with Gasteiger partial charge in [-0.2, -0.15) is 0 Å². The van der Waals surface area contributed by atoms with Crippen LogP contribution in [0.2, 0.25) is 0 Å². The Bertz CT molecular complexity index is 511. The van der Waals surface area contributed by atoms with Gasteiger partial charge in [-0.3, -0.25) is 0 Å². The van der Waals surface area contributed by atoms with Crippen molar-refractivity contribution in [2.45, 2.75) is 25.4 Å². The molecule has 1 fully saturated rings. The van der Waals surface area contributed by atoms with Gasteiger partial charge in [0.15, 0.2) is 0 Å². The highest BCUT2D eigenvalue weighted by molar-refractivity contribution is 7.89. The lowest BCUT2D eigenvalue weighted by Crippen LogP contribution is -2.34. The van der Waals surface area contributed by atoms with E-state index in [0.29, 0.717) is 5.56 Å². The maximum atomic E-state index is 12.7. The van der Waals surface area contributed by atoms with Crippen molar-refractivity contribution in [1.82, 2.24) is 4.72 Å². The monoisotopic (exact) mass is 287 g/mol. The molecular formula is C13H18FNO3S. The van der Waals surface area contributed by atoms with Crippen LogP contribution >= 0.6 is 0 Å². The number of benzene rings is 1. The van der Waals surface area contributed by atoms with Crippen molar-refractivity contribution in [2.75, 3.05) is 12.3 Å². The molecule has 1 atom stereocenters. The van der Waals surface area contributed by atoms with Gasteiger partial charge in [-0.25, -0.2) is 17.5 Å². The highest BCUT2D eigenvalue weighted by Gasteiger charge is 2.24. The first kappa shape index (κ1) is 14.4. The van der Waals surface area contributed by atoms with E-state index in [-0.39, 0.29) is 24.0 Å². The Kier molecular flexibility index (Phi) is 4.54. The van der Waals surface area contributed by atoms with Gasteiger partial charge in [0.05, 0.1) is 11.9 Å². The second-order valence-corrected chi connectivity index (χ2v) is 6.85. The lowest BCUT2D eigenvalue weighted by atomic mass is 9.87. The van der Waals surface area contributed by atoms with E-state index in [2.05, 4.69) is 4.72 Å². The summed E-state index contributed by atoms with van der Waals surface area (Å²) in [5, 5.41) is 9.83. The van der Waals surface area contributed by atoms with Gasteiger partial charge in [0, 0.05) is 6.54 Å². The van der Waals surface area contributed by atoms with Gasteiger partial charge in [0.25, 0.3) is 0 Å². The Morgan fingerprint density at radius 1 is 1.32 bits per heavy atom. The number of hydrogen-bond acceptors (Lipinski definition) is 3. The molecule has 1 aliphatic rings. The highest BCUT2D eigenvalue weighted by Crippen LogP contribution is 2.27. The number of halogens is 1. The summed E-state index contributed by atoms with van der Waals surface area (Å²) in [6.45, 7) is -0.0827. The second kappa shape index (κ2) is 5.98. The predicted octanol–water partition coefficient (Wildman–Crippen LogP) is 1.58. The fourth-order valence-electron chi connectivity index (χ4n) is 2.04. The third-order valence-corrected chi connectivity index (χ3v) is 4.95. The number of aliphatic hydroxyl groups is 1. The molecule has 4 nitrogen and oxygen atoms in total. The summed E-state index contributed by atoms with van der Waals surface area (Å²) in [6, 6.07) is 5.36. The van der Waals surface area contributed by atoms with E-state index in [0.717, 1.165) is 19.3 Å². The van der Waals surface area contributed by atoms with Crippen LogP contribution in [0.4, 0.5) is 4.39 Å². The molecule has 0 radical (unpaired) electrons. The smallest absolute Gasteiger partial charge is 0.211 e. The molecule has 19 heavy (non-hydrogen) atoms. The lowest BCUT2D eigenvalue weighted by Gasteiger charge is -2.25. The van der Waals surface area contributed by atoms with E-state index in [9.17, 15) is 17.9 Å². The van der Waals surface area contributed by atoms with Crippen LogP contribution < -0.4 is 4.72 Å². The summed E-state index contributed by atoms with van der Waals surface area (Å²) in [5.41, 5.74) is 0.493. The van der Waals surface area contributed by atoms with E-state index in [4.69, 9.17) is 0 Å². The fourth-order valence-corrected chi connectivity index (χ4v) is 3.52. The zero-order valence-corrected chi connectivity index (χ0v) is 11.4. The van der Waals surface area contributed by atoms with Gasteiger partial charge in [-0.15, -0.1) is 0 Å². The normalized spacial score (nSPS) is 18.0. The van der Waals surface area contributed by atoms with Crippen LogP contribution in [0.1, 0.15) is 30.9 Å². The van der Waals surface area contributed by atoms with Crippen molar-refractivity contribution >= 4 is 10.0 Å². The average Bonchev–Trinajstić information content (AvgIpc) is 2.32.